The van der Waals surface area contributed by atoms with Crippen molar-refractivity contribution in [3.63, 3.8) is 0 Å². The van der Waals surface area contributed by atoms with E-state index in [9.17, 15) is 9.90 Å². The van der Waals surface area contributed by atoms with E-state index < -0.39 is 5.97 Å². The first-order valence-corrected chi connectivity index (χ1v) is 10.4. The molecule has 5 heterocycles. The summed E-state index contributed by atoms with van der Waals surface area (Å²) < 4.78 is 0. The number of aliphatic imine (C=N–C) groups is 4. The second-order valence-electron chi connectivity index (χ2n) is 7.79. The molecule has 0 aliphatic carbocycles. The number of carbonyl (C=O) groups is 1. The average molecular weight is 492 g/mol. The molecule has 5 aliphatic rings. The maximum absolute atomic E-state index is 11.9. The molecule has 0 saturated carbocycles. The van der Waals surface area contributed by atoms with Crippen LogP contribution in [0.5, 0.6) is 0 Å². The third-order valence-electron chi connectivity index (χ3n) is 5.49. The van der Waals surface area contributed by atoms with Gasteiger partial charge in [0, 0.05) is 22.6 Å². The molecule has 0 aromatic heterocycles. The molecular weight excluding hydrogens is 476 g/mol. The molecule has 34 heavy (non-hydrogen) atoms. The van der Waals surface area contributed by atoms with Gasteiger partial charge in [-0.25, -0.2) is 24.8 Å². The average Bonchev–Trinajstić information content (AvgIpc) is 3.59. The molecular formula is C27H16CuN4O2. The Bertz CT molecular complexity index is 1520. The van der Waals surface area contributed by atoms with Gasteiger partial charge in [-0.15, -0.1) is 0 Å². The van der Waals surface area contributed by atoms with Gasteiger partial charge in [0.05, 0.1) is 51.2 Å². The summed E-state index contributed by atoms with van der Waals surface area (Å²) in [7, 11) is 0. The molecule has 6 rings (SSSR count). The maximum Gasteiger partial charge on any atom is 0.336 e. The van der Waals surface area contributed by atoms with Crippen LogP contribution in [0.25, 0.3) is 5.57 Å². The van der Waals surface area contributed by atoms with Gasteiger partial charge in [0.1, 0.15) is 0 Å². The summed E-state index contributed by atoms with van der Waals surface area (Å²) in [5.74, 6) is -0.982. The van der Waals surface area contributed by atoms with Crippen LogP contribution in [0.15, 0.2) is 134 Å². The SMILES string of the molecule is O=C(O)c1ccccc1C1=CC2=NC1=CC1=NC(=CC3=NC(=CC4=NC(=C2)C=C4)C=C3)C=C1.[Cu]. The molecule has 1 aromatic carbocycles. The quantitative estimate of drug-likeness (QED) is 0.602. The van der Waals surface area contributed by atoms with Crippen molar-refractivity contribution in [3.8, 4) is 0 Å². The Morgan fingerprint density at radius 1 is 0.618 bits per heavy atom. The van der Waals surface area contributed by atoms with Gasteiger partial charge in [-0.3, -0.25) is 0 Å². The number of benzene rings is 1. The Morgan fingerprint density at radius 2 is 1.15 bits per heavy atom. The molecule has 0 saturated heterocycles. The van der Waals surface area contributed by atoms with E-state index in [1.165, 1.54) is 0 Å². The number of carboxylic acid groups (broad SMARTS) is 1. The number of hydrogen-bond donors (Lipinski definition) is 1. The summed E-state index contributed by atoms with van der Waals surface area (Å²) in [6.07, 6.45) is 21.1. The van der Waals surface area contributed by atoms with Gasteiger partial charge in [-0.2, -0.15) is 0 Å². The van der Waals surface area contributed by atoms with Crippen LogP contribution in [0.2, 0.25) is 0 Å². The first-order valence-electron chi connectivity index (χ1n) is 10.4. The van der Waals surface area contributed by atoms with Crippen molar-refractivity contribution in [1.82, 2.24) is 0 Å². The fourth-order valence-corrected chi connectivity index (χ4v) is 4.02. The summed E-state index contributed by atoms with van der Waals surface area (Å²) in [6.45, 7) is 0. The van der Waals surface area contributed by atoms with Crippen LogP contribution in [-0.2, 0) is 17.1 Å². The zero-order valence-electron chi connectivity index (χ0n) is 17.6. The van der Waals surface area contributed by atoms with Crippen LogP contribution in [0, 0.1) is 0 Å². The number of hydrogen-bond acceptors (Lipinski definition) is 5. The third kappa shape index (κ3) is 4.10. The Balaban J connectivity index is 0.00000241. The van der Waals surface area contributed by atoms with E-state index >= 15 is 0 Å². The van der Waals surface area contributed by atoms with E-state index in [1.807, 2.05) is 72.9 Å². The Hall–Kier alpha value is -4.19. The summed E-state index contributed by atoms with van der Waals surface area (Å²) in [6, 6.07) is 6.95. The van der Waals surface area contributed by atoms with Crippen LogP contribution in [0.3, 0.4) is 0 Å². The molecule has 0 amide bonds. The van der Waals surface area contributed by atoms with Gasteiger partial charge >= 0.3 is 5.97 Å². The molecule has 0 spiro atoms. The Morgan fingerprint density at radius 3 is 1.74 bits per heavy atom. The Labute approximate surface area is 206 Å². The van der Waals surface area contributed by atoms with E-state index in [0.29, 0.717) is 17.0 Å². The van der Waals surface area contributed by atoms with Crippen molar-refractivity contribution in [1.29, 1.82) is 0 Å². The fourth-order valence-electron chi connectivity index (χ4n) is 4.02. The topological polar surface area (TPSA) is 86.7 Å². The van der Waals surface area contributed by atoms with E-state index in [-0.39, 0.29) is 22.6 Å². The van der Waals surface area contributed by atoms with Crippen molar-refractivity contribution in [2.24, 2.45) is 20.0 Å². The van der Waals surface area contributed by atoms with Crippen molar-refractivity contribution in [2.75, 3.05) is 0 Å². The molecule has 1 radical (unpaired) electrons. The smallest absolute Gasteiger partial charge is 0.336 e. The summed E-state index contributed by atoms with van der Waals surface area (Å²) >= 11 is 0. The molecule has 0 atom stereocenters. The van der Waals surface area contributed by atoms with Gasteiger partial charge in [-0.1, -0.05) is 18.2 Å². The minimum Gasteiger partial charge on any atom is -0.478 e. The van der Waals surface area contributed by atoms with Crippen molar-refractivity contribution < 1.29 is 27.0 Å². The van der Waals surface area contributed by atoms with Crippen LogP contribution >= 0.6 is 0 Å². The number of nitrogens with zero attached hydrogens (tertiary/aromatic N) is 4. The number of carboxylic acids is 1. The number of fused-ring (bicyclic) bond motifs is 4. The third-order valence-corrected chi connectivity index (χ3v) is 5.49. The largest absolute Gasteiger partial charge is 0.478 e. The maximum atomic E-state index is 11.9. The van der Waals surface area contributed by atoms with Gasteiger partial charge in [0.15, 0.2) is 0 Å². The van der Waals surface area contributed by atoms with Gasteiger partial charge in [0.25, 0.3) is 0 Å². The van der Waals surface area contributed by atoms with Crippen LogP contribution < -0.4 is 0 Å². The van der Waals surface area contributed by atoms with E-state index in [1.54, 1.807) is 18.2 Å². The first-order chi connectivity index (χ1) is 16.1. The van der Waals surface area contributed by atoms with Crippen molar-refractivity contribution >= 4 is 34.4 Å². The predicted molar refractivity (Wildman–Crippen MR) is 131 cm³/mol. The van der Waals surface area contributed by atoms with Crippen LogP contribution in [0.4, 0.5) is 0 Å². The van der Waals surface area contributed by atoms with Gasteiger partial charge in [0.2, 0.25) is 0 Å². The zero-order chi connectivity index (χ0) is 22.4. The minimum absolute atomic E-state index is 0. The molecule has 8 bridgehead atoms. The molecule has 167 valence electrons. The number of allylic oxidation sites excluding steroid dienone is 12. The van der Waals surface area contributed by atoms with Crippen molar-refractivity contribution in [2.45, 2.75) is 0 Å². The minimum atomic E-state index is -0.982. The number of aromatic carboxylic acids is 1. The number of rotatable bonds is 2. The second kappa shape index (κ2) is 8.63. The van der Waals surface area contributed by atoms with E-state index in [2.05, 4.69) is 15.0 Å². The zero-order valence-corrected chi connectivity index (χ0v) is 18.5. The second-order valence-corrected chi connectivity index (χ2v) is 7.79. The molecule has 7 heteroatoms. The molecule has 0 fully saturated rings. The normalized spacial score (nSPS) is 19.2. The Kier molecular flexibility index (Phi) is 5.49. The molecule has 1 aromatic rings. The monoisotopic (exact) mass is 491 g/mol. The molecule has 5 aliphatic heterocycles. The van der Waals surface area contributed by atoms with Gasteiger partial charge < -0.3 is 5.11 Å². The van der Waals surface area contributed by atoms with E-state index in [4.69, 9.17) is 4.99 Å². The fraction of sp³-hybridized carbons (Fsp3) is 0. The summed E-state index contributed by atoms with van der Waals surface area (Å²) in [5.41, 5.74) is 7.66. The molecule has 0 unspecified atom stereocenters. The van der Waals surface area contributed by atoms with Crippen LogP contribution in [0.1, 0.15) is 15.9 Å². The first kappa shape index (κ1) is 21.6. The van der Waals surface area contributed by atoms with Crippen LogP contribution in [-0.4, -0.2) is 33.9 Å². The predicted octanol–water partition coefficient (Wildman–Crippen LogP) is 4.80. The standard InChI is InChI=1S/C27H16N4O2.Cu/c32-27(33)24-4-2-1-3-23(24)25-14-22-13-20-8-7-18(29-20)11-16-5-6-17(28-16)12-19-9-10-21(30-19)15-26(25)31-22;/h1-15H,(H,32,33);. The van der Waals surface area contributed by atoms with Gasteiger partial charge in [-0.05, 0) is 78.5 Å². The van der Waals surface area contributed by atoms with E-state index in [0.717, 1.165) is 39.8 Å². The van der Waals surface area contributed by atoms with Crippen molar-refractivity contribution in [3.05, 3.63) is 125 Å². The molecule has 1 N–H and O–H groups in total. The summed E-state index contributed by atoms with van der Waals surface area (Å²) in [5, 5.41) is 9.71. The summed E-state index contributed by atoms with van der Waals surface area (Å²) in [4.78, 5) is 30.6. The molecule has 6 nitrogen and oxygen atoms in total.